The molecule has 80 valence electrons. The standard InChI is InChI=1S/C11H24O2/c1-3-5-6-11(4-2)7-9-13-10-8-12/h11-12H,3-10H2,1-2H3. The molecule has 2 heteroatoms. The van der Waals surface area contributed by atoms with Crippen LogP contribution in [0.3, 0.4) is 0 Å². The van der Waals surface area contributed by atoms with E-state index in [2.05, 4.69) is 13.8 Å². The Bertz CT molecular complexity index is 94.1. The largest absolute Gasteiger partial charge is 0.394 e. The van der Waals surface area contributed by atoms with Crippen LogP contribution in [-0.4, -0.2) is 24.9 Å². The van der Waals surface area contributed by atoms with Gasteiger partial charge in [0.1, 0.15) is 0 Å². The van der Waals surface area contributed by atoms with Crippen molar-refractivity contribution in [3.05, 3.63) is 0 Å². The zero-order valence-electron chi connectivity index (χ0n) is 9.09. The molecule has 0 aromatic rings. The fourth-order valence-corrected chi connectivity index (χ4v) is 1.46. The monoisotopic (exact) mass is 188 g/mol. The summed E-state index contributed by atoms with van der Waals surface area (Å²) >= 11 is 0. The van der Waals surface area contributed by atoms with E-state index < -0.39 is 0 Å². The van der Waals surface area contributed by atoms with Crippen LogP contribution in [0.5, 0.6) is 0 Å². The maximum atomic E-state index is 8.51. The Morgan fingerprint density at radius 1 is 1.15 bits per heavy atom. The van der Waals surface area contributed by atoms with Gasteiger partial charge in [0.25, 0.3) is 0 Å². The van der Waals surface area contributed by atoms with Gasteiger partial charge < -0.3 is 9.84 Å². The molecule has 0 aromatic carbocycles. The van der Waals surface area contributed by atoms with Crippen LogP contribution in [0.2, 0.25) is 0 Å². The van der Waals surface area contributed by atoms with Crippen molar-refractivity contribution in [2.75, 3.05) is 19.8 Å². The highest BCUT2D eigenvalue weighted by Gasteiger charge is 2.04. The molecular formula is C11H24O2. The SMILES string of the molecule is CCCCC(CC)CCOCCO. The smallest absolute Gasteiger partial charge is 0.0697 e. The van der Waals surface area contributed by atoms with Crippen molar-refractivity contribution in [3.63, 3.8) is 0 Å². The molecule has 13 heavy (non-hydrogen) atoms. The van der Waals surface area contributed by atoms with Gasteiger partial charge in [0, 0.05) is 6.61 Å². The summed E-state index contributed by atoms with van der Waals surface area (Å²) in [5, 5.41) is 8.51. The van der Waals surface area contributed by atoms with Gasteiger partial charge in [-0.1, -0.05) is 39.5 Å². The molecule has 0 saturated carbocycles. The Balaban J connectivity index is 3.25. The molecule has 1 atom stereocenters. The minimum absolute atomic E-state index is 0.145. The van der Waals surface area contributed by atoms with Crippen molar-refractivity contribution in [2.24, 2.45) is 5.92 Å². The van der Waals surface area contributed by atoms with Gasteiger partial charge >= 0.3 is 0 Å². The molecule has 0 aliphatic heterocycles. The first-order valence-electron chi connectivity index (χ1n) is 5.53. The van der Waals surface area contributed by atoms with Crippen LogP contribution < -0.4 is 0 Å². The molecule has 0 spiro atoms. The average Bonchev–Trinajstić information content (AvgIpc) is 2.17. The molecule has 0 bridgehead atoms. The zero-order valence-corrected chi connectivity index (χ0v) is 9.09. The highest BCUT2D eigenvalue weighted by molar-refractivity contribution is 4.56. The summed E-state index contributed by atoms with van der Waals surface area (Å²) in [7, 11) is 0. The number of rotatable bonds is 9. The predicted molar refractivity (Wildman–Crippen MR) is 55.8 cm³/mol. The van der Waals surface area contributed by atoms with Gasteiger partial charge in [0.2, 0.25) is 0 Å². The molecule has 1 unspecified atom stereocenters. The number of aliphatic hydroxyl groups is 1. The van der Waals surface area contributed by atoms with Crippen molar-refractivity contribution >= 4 is 0 Å². The fraction of sp³-hybridized carbons (Fsp3) is 1.00. The van der Waals surface area contributed by atoms with Gasteiger partial charge in [-0.15, -0.1) is 0 Å². The van der Waals surface area contributed by atoms with Crippen LogP contribution in [0.25, 0.3) is 0 Å². The molecule has 0 saturated heterocycles. The van der Waals surface area contributed by atoms with Crippen molar-refractivity contribution in [2.45, 2.75) is 46.0 Å². The van der Waals surface area contributed by atoms with Gasteiger partial charge in [0.15, 0.2) is 0 Å². The third kappa shape index (κ3) is 8.26. The van der Waals surface area contributed by atoms with E-state index in [1.807, 2.05) is 0 Å². The molecule has 0 fully saturated rings. The molecule has 0 aliphatic carbocycles. The van der Waals surface area contributed by atoms with E-state index in [4.69, 9.17) is 9.84 Å². The minimum atomic E-state index is 0.145. The van der Waals surface area contributed by atoms with E-state index in [1.54, 1.807) is 0 Å². The van der Waals surface area contributed by atoms with E-state index in [9.17, 15) is 0 Å². The second-order valence-corrected chi connectivity index (χ2v) is 3.54. The lowest BCUT2D eigenvalue weighted by atomic mass is 9.96. The summed E-state index contributed by atoms with van der Waals surface area (Å²) in [5.41, 5.74) is 0. The van der Waals surface area contributed by atoms with Gasteiger partial charge in [-0.05, 0) is 12.3 Å². The Kier molecular flexibility index (Phi) is 9.94. The van der Waals surface area contributed by atoms with Crippen molar-refractivity contribution in [3.8, 4) is 0 Å². The van der Waals surface area contributed by atoms with Crippen LogP contribution >= 0.6 is 0 Å². The third-order valence-electron chi connectivity index (χ3n) is 2.45. The van der Waals surface area contributed by atoms with Crippen LogP contribution in [-0.2, 0) is 4.74 Å². The lowest BCUT2D eigenvalue weighted by molar-refractivity contribution is 0.0817. The number of ether oxygens (including phenoxy) is 1. The van der Waals surface area contributed by atoms with E-state index in [0.29, 0.717) is 6.61 Å². The second-order valence-electron chi connectivity index (χ2n) is 3.54. The summed E-state index contributed by atoms with van der Waals surface area (Å²) in [6, 6.07) is 0. The van der Waals surface area contributed by atoms with Crippen LogP contribution in [0.1, 0.15) is 46.0 Å². The second kappa shape index (κ2) is 10.0. The van der Waals surface area contributed by atoms with E-state index in [0.717, 1.165) is 18.9 Å². The number of aliphatic hydroxyl groups excluding tert-OH is 1. The minimum Gasteiger partial charge on any atom is -0.394 e. The first-order chi connectivity index (χ1) is 6.35. The highest BCUT2D eigenvalue weighted by atomic mass is 16.5. The molecule has 2 nitrogen and oxygen atoms in total. The summed E-state index contributed by atoms with van der Waals surface area (Å²) in [4.78, 5) is 0. The van der Waals surface area contributed by atoms with Crippen LogP contribution in [0, 0.1) is 5.92 Å². The van der Waals surface area contributed by atoms with Gasteiger partial charge in [-0.25, -0.2) is 0 Å². The molecule has 0 aromatic heterocycles. The normalized spacial score (nSPS) is 13.2. The van der Waals surface area contributed by atoms with Crippen molar-refractivity contribution in [1.29, 1.82) is 0 Å². The summed E-state index contributed by atoms with van der Waals surface area (Å²) in [5.74, 6) is 0.818. The van der Waals surface area contributed by atoms with E-state index in [-0.39, 0.29) is 6.61 Å². The first kappa shape index (κ1) is 12.9. The fourth-order valence-electron chi connectivity index (χ4n) is 1.46. The molecule has 1 N–H and O–H groups in total. The van der Waals surface area contributed by atoms with Crippen molar-refractivity contribution < 1.29 is 9.84 Å². The van der Waals surface area contributed by atoms with Crippen LogP contribution in [0.15, 0.2) is 0 Å². The zero-order chi connectivity index (χ0) is 9.94. The lowest BCUT2D eigenvalue weighted by Crippen LogP contribution is -2.07. The molecule has 0 heterocycles. The van der Waals surface area contributed by atoms with E-state index >= 15 is 0 Å². The number of hydrogen-bond donors (Lipinski definition) is 1. The summed E-state index contributed by atoms with van der Waals surface area (Å²) in [6.45, 7) is 5.92. The van der Waals surface area contributed by atoms with Crippen molar-refractivity contribution in [1.82, 2.24) is 0 Å². The maximum Gasteiger partial charge on any atom is 0.0697 e. The Labute approximate surface area is 82.3 Å². The maximum absolute atomic E-state index is 8.51. The Hall–Kier alpha value is -0.0800. The third-order valence-corrected chi connectivity index (χ3v) is 2.45. The Morgan fingerprint density at radius 2 is 1.92 bits per heavy atom. The molecule has 0 radical (unpaired) electrons. The van der Waals surface area contributed by atoms with Gasteiger partial charge in [-0.2, -0.15) is 0 Å². The van der Waals surface area contributed by atoms with Crippen LogP contribution in [0.4, 0.5) is 0 Å². The number of unbranched alkanes of at least 4 members (excludes halogenated alkanes) is 1. The quantitative estimate of drug-likeness (QED) is 0.564. The number of hydrogen-bond acceptors (Lipinski definition) is 2. The topological polar surface area (TPSA) is 29.5 Å². The summed E-state index contributed by atoms with van der Waals surface area (Å²) in [6.07, 6.45) is 6.35. The van der Waals surface area contributed by atoms with Gasteiger partial charge in [-0.3, -0.25) is 0 Å². The Morgan fingerprint density at radius 3 is 2.46 bits per heavy atom. The van der Waals surface area contributed by atoms with Gasteiger partial charge in [0.05, 0.1) is 13.2 Å². The average molecular weight is 188 g/mol. The highest BCUT2D eigenvalue weighted by Crippen LogP contribution is 2.16. The predicted octanol–water partition coefficient (Wildman–Crippen LogP) is 2.60. The van der Waals surface area contributed by atoms with E-state index in [1.165, 1.54) is 25.7 Å². The molecule has 0 rings (SSSR count). The molecule has 0 aliphatic rings. The molecular weight excluding hydrogens is 164 g/mol. The lowest BCUT2D eigenvalue weighted by Gasteiger charge is -2.13. The molecule has 0 amide bonds. The summed E-state index contributed by atoms with van der Waals surface area (Å²) < 4.78 is 5.25. The first-order valence-corrected chi connectivity index (χ1v) is 5.53.